The van der Waals surface area contributed by atoms with Crippen LogP contribution in [0.1, 0.15) is 34.6 Å². The first-order chi connectivity index (χ1) is 14.7. The third-order valence-electron chi connectivity index (χ3n) is 6.23. The highest BCUT2D eigenvalue weighted by Gasteiger charge is 2.32. The molecule has 0 bridgehead atoms. The van der Waals surface area contributed by atoms with E-state index in [-0.39, 0.29) is 24.3 Å². The minimum atomic E-state index is -0.00418. The molecule has 1 atom stereocenters. The zero-order valence-corrected chi connectivity index (χ0v) is 16.8. The van der Waals surface area contributed by atoms with Gasteiger partial charge in [-0.1, -0.05) is 72.8 Å². The summed E-state index contributed by atoms with van der Waals surface area (Å²) in [6.07, 6.45) is 1.20. The van der Waals surface area contributed by atoms with E-state index >= 15 is 0 Å². The summed E-state index contributed by atoms with van der Waals surface area (Å²) in [5, 5.41) is 0. The molecule has 4 heteroatoms. The summed E-state index contributed by atoms with van der Waals surface area (Å²) in [5.74, 6) is 0.166. The summed E-state index contributed by atoms with van der Waals surface area (Å²) < 4.78 is 0. The first-order valence-electron chi connectivity index (χ1n) is 10.5. The van der Waals surface area contributed by atoms with E-state index < -0.39 is 0 Å². The Labute approximate surface area is 176 Å². The molecular weight excluding hydrogens is 372 g/mol. The fourth-order valence-electron chi connectivity index (χ4n) is 4.67. The van der Waals surface area contributed by atoms with Crippen molar-refractivity contribution in [1.29, 1.82) is 0 Å². The van der Waals surface area contributed by atoms with E-state index in [2.05, 4.69) is 30.3 Å². The molecule has 0 fully saturated rings. The van der Waals surface area contributed by atoms with Crippen LogP contribution in [0.15, 0.2) is 78.9 Å². The van der Waals surface area contributed by atoms with E-state index in [0.717, 1.165) is 17.7 Å². The van der Waals surface area contributed by atoms with Crippen LogP contribution < -0.4 is 4.90 Å². The molecule has 0 aromatic heterocycles. The van der Waals surface area contributed by atoms with Gasteiger partial charge in [-0.15, -0.1) is 0 Å². The number of anilines is 1. The molecule has 3 aromatic rings. The van der Waals surface area contributed by atoms with Gasteiger partial charge in [0.15, 0.2) is 0 Å². The normalized spacial score (nSPS) is 18.0. The van der Waals surface area contributed by atoms with Crippen LogP contribution in [0, 0.1) is 0 Å². The maximum atomic E-state index is 13.3. The molecule has 1 unspecified atom stereocenters. The van der Waals surface area contributed by atoms with Crippen molar-refractivity contribution < 1.29 is 9.59 Å². The van der Waals surface area contributed by atoms with Crippen LogP contribution in [-0.4, -0.2) is 29.8 Å². The van der Waals surface area contributed by atoms with Crippen molar-refractivity contribution in [3.05, 3.63) is 101 Å². The molecule has 0 spiro atoms. The van der Waals surface area contributed by atoms with Gasteiger partial charge in [-0.05, 0) is 34.7 Å². The Kier molecular flexibility index (Phi) is 4.83. The monoisotopic (exact) mass is 396 g/mol. The largest absolute Gasteiger partial charge is 0.336 e. The van der Waals surface area contributed by atoms with Crippen molar-refractivity contribution in [3.63, 3.8) is 0 Å². The van der Waals surface area contributed by atoms with Crippen LogP contribution in [0.25, 0.3) is 0 Å². The number of carbonyl (C=O) groups is 2. The fraction of sp³-hybridized carbons (Fsp3) is 0.231. The van der Waals surface area contributed by atoms with E-state index in [4.69, 9.17) is 0 Å². The Balaban J connectivity index is 1.42. The summed E-state index contributed by atoms with van der Waals surface area (Å²) >= 11 is 0. The van der Waals surface area contributed by atoms with Crippen molar-refractivity contribution in [2.45, 2.75) is 25.3 Å². The molecule has 0 saturated carbocycles. The molecule has 0 aliphatic carbocycles. The van der Waals surface area contributed by atoms with E-state index in [1.807, 2.05) is 53.4 Å². The third kappa shape index (κ3) is 3.39. The van der Waals surface area contributed by atoms with Gasteiger partial charge in [-0.25, -0.2) is 0 Å². The highest BCUT2D eigenvalue weighted by Crippen LogP contribution is 2.34. The smallest absolute Gasteiger partial charge is 0.242 e. The third-order valence-corrected chi connectivity index (χ3v) is 6.23. The van der Waals surface area contributed by atoms with Gasteiger partial charge in [0.2, 0.25) is 11.8 Å². The number of aryl methyl sites for hydroxylation is 1. The molecule has 2 aliphatic rings. The number of nitrogens with zero attached hydrogens (tertiary/aromatic N) is 2. The Hall–Kier alpha value is -3.40. The molecule has 0 N–H and O–H groups in total. The second-order valence-corrected chi connectivity index (χ2v) is 8.04. The number of carbonyl (C=O) groups excluding carboxylic acids is 2. The van der Waals surface area contributed by atoms with Gasteiger partial charge in [-0.2, -0.15) is 0 Å². The lowest BCUT2D eigenvalue weighted by Crippen LogP contribution is -2.47. The maximum absolute atomic E-state index is 13.3. The second kappa shape index (κ2) is 7.79. The van der Waals surface area contributed by atoms with E-state index in [1.54, 1.807) is 4.90 Å². The molecule has 150 valence electrons. The summed E-state index contributed by atoms with van der Waals surface area (Å²) in [6, 6.07) is 26.6. The van der Waals surface area contributed by atoms with E-state index in [9.17, 15) is 9.59 Å². The number of fused-ring (bicyclic) bond motifs is 2. The average Bonchev–Trinajstić information content (AvgIpc) is 2.80. The van der Waals surface area contributed by atoms with Crippen molar-refractivity contribution >= 4 is 17.5 Å². The van der Waals surface area contributed by atoms with Crippen LogP contribution in [0.5, 0.6) is 0 Å². The summed E-state index contributed by atoms with van der Waals surface area (Å²) in [5.41, 5.74) is 5.68. The van der Waals surface area contributed by atoms with Gasteiger partial charge < -0.3 is 9.80 Å². The molecule has 4 nitrogen and oxygen atoms in total. The predicted octanol–water partition coefficient (Wildman–Crippen LogP) is 4.14. The number of amides is 2. The summed E-state index contributed by atoms with van der Waals surface area (Å²) in [7, 11) is 0. The minimum Gasteiger partial charge on any atom is -0.336 e. The van der Waals surface area contributed by atoms with Crippen LogP contribution in [-0.2, 0) is 22.6 Å². The van der Waals surface area contributed by atoms with Gasteiger partial charge in [0.25, 0.3) is 0 Å². The van der Waals surface area contributed by atoms with Gasteiger partial charge >= 0.3 is 0 Å². The number of benzene rings is 3. The second-order valence-electron chi connectivity index (χ2n) is 8.04. The summed E-state index contributed by atoms with van der Waals surface area (Å²) in [6.45, 7) is 1.31. The molecule has 30 heavy (non-hydrogen) atoms. The van der Waals surface area contributed by atoms with Crippen LogP contribution in [0.4, 0.5) is 5.69 Å². The fourth-order valence-corrected chi connectivity index (χ4v) is 4.67. The Morgan fingerprint density at radius 2 is 1.53 bits per heavy atom. The average molecular weight is 396 g/mol. The predicted molar refractivity (Wildman–Crippen MR) is 117 cm³/mol. The maximum Gasteiger partial charge on any atom is 0.242 e. The highest BCUT2D eigenvalue weighted by molar-refractivity contribution is 6.01. The quantitative estimate of drug-likeness (QED) is 0.668. The van der Waals surface area contributed by atoms with Crippen molar-refractivity contribution in [1.82, 2.24) is 4.90 Å². The zero-order chi connectivity index (χ0) is 20.5. The lowest BCUT2D eigenvalue weighted by molar-refractivity contribution is -0.132. The number of hydrogen-bond acceptors (Lipinski definition) is 2. The molecule has 2 aliphatic heterocycles. The SMILES string of the molecule is O=C(CN1C(=O)CCc2ccccc21)N1Cc2ccccc2C(c2ccccc2)C1. The number of rotatable bonds is 3. The lowest BCUT2D eigenvalue weighted by Gasteiger charge is -2.37. The van der Waals surface area contributed by atoms with Gasteiger partial charge in [0.05, 0.1) is 0 Å². The standard InChI is InChI=1S/C26H24N2O2/c29-25-15-14-20-10-5-7-13-24(20)28(25)18-26(30)27-16-21-11-4-6-12-22(21)23(17-27)19-8-2-1-3-9-19/h1-13,23H,14-18H2. The molecule has 2 amide bonds. The van der Waals surface area contributed by atoms with Gasteiger partial charge in [0, 0.05) is 31.1 Å². The number of hydrogen-bond donors (Lipinski definition) is 0. The highest BCUT2D eigenvalue weighted by atomic mass is 16.2. The zero-order valence-electron chi connectivity index (χ0n) is 16.8. The molecule has 2 heterocycles. The Morgan fingerprint density at radius 3 is 2.37 bits per heavy atom. The minimum absolute atomic E-state index is 0.00418. The molecular formula is C26H24N2O2. The van der Waals surface area contributed by atoms with E-state index in [1.165, 1.54) is 16.7 Å². The topological polar surface area (TPSA) is 40.6 Å². The Bertz CT molecular complexity index is 1090. The molecule has 0 radical (unpaired) electrons. The van der Waals surface area contributed by atoms with Crippen molar-refractivity contribution in [2.75, 3.05) is 18.0 Å². The van der Waals surface area contributed by atoms with E-state index in [0.29, 0.717) is 19.5 Å². The van der Waals surface area contributed by atoms with Crippen molar-refractivity contribution in [3.8, 4) is 0 Å². The molecule has 0 saturated heterocycles. The first-order valence-corrected chi connectivity index (χ1v) is 10.5. The van der Waals surface area contributed by atoms with Crippen LogP contribution in [0.3, 0.4) is 0 Å². The Morgan fingerprint density at radius 1 is 0.833 bits per heavy atom. The first kappa shape index (κ1) is 18.6. The van der Waals surface area contributed by atoms with Gasteiger partial charge in [0.1, 0.15) is 6.54 Å². The molecule has 5 rings (SSSR count). The molecule has 3 aromatic carbocycles. The lowest BCUT2D eigenvalue weighted by atomic mass is 9.84. The van der Waals surface area contributed by atoms with Gasteiger partial charge in [-0.3, -0.25) is 9.59 Å². The number of para-hydroxylation sites is 1. The van der Waals surface area contributed by atoms with Crippen molar-refractivity contribution in [2.24, 2.45) is 0 Å². The van der Waals surface area contributed by atoms with Crippen LogP contribution in [0.2, 0.25) is 0 Å². The van der Waals surface area contributed by atoms with Crippen LogP contribution >= 0.6 is 0 Å². The summed E-state index contributed by atoms with van der Waals surface area (Å²) in [4.78, 5) is 29.5.